The summed E-state index contributed by atoms with van der Waals surface area (Å²) in [4.78, 5) is 15.8. The molecule has 0 saturated carbocycles. The van der Waals surface area contributed by atoms with Gasteiger partial charge < -0.3 is 9.72 Å². The van der Waals surface area contributed by atoms with Gasteiger partial charge in [0.15, 0.2) is 5.78 Å². The molecule has 106 valence electrons. The Morgan fingerprint density at radius 1 is 1.05 bits per heavy atom. The van der Waals surface area contributed by atoms with Gasteiger partial charge in [0.2, 0.25) is 0 Å². The third-order valence-corrected chi connectivity index (χ3v) is 3.77. The van der Waals surface area contributed by atoms with Crippen molar-refractivity contribution in [1.29, 1.82) is 0 Å². The lowest BCUT2D eigenvalue weighted by molar-refractivity contribution is 0.103. The van der Waals surface area contributed by atoms with Gasteiger partial charge in [-0.05, 0) is 30.3 Å². The second-order valence-corrected chi connectivity index (χ2v) is 5.44. The molecule has 0 aliphatic carbocycles. The van der Waals surface area contributed by atoms with Crippen LogP contribution in [0, 0.1) is 0 Å². The number of halogens is 2. The van der Waals surface area contributed by atoms with Crippen LogP contribution in [0.5, 0.6) is 5.75 Å². The molecule has 1 aromatic heterocycles. The molecule has 0 aliphatic rings. The van der Waals surface area contributed by atoms with E-state index in [1.807, 2.05) is 6.07 Å². The van der Waals surface area contributed by atoms with Crippen molar-refractivity contribution in [2.45, 2.75) is 0 Å². The minimum atomic E-state index is -0.128. The Morgan fingerprint density at radius 2 is 1.76 bits per heavy atom. The molecule has 0 radical (unpaired) electrons. The van der Waals surface area contributed by atoms with E-state index < -0.39 is 0 Å². The van der Waals surface area contributed by atoms with E-state index in [1.165, 1.54) is 7.11 Å². The fourth-order valence-corrected chi connectivity index (χ4v) is 2.62. The number of fused-ring (bicyclic) bond motifs is 1. The second kappa shape index (κ2) is 5.43. The van der Waals surface area contributed by atoms with Gasteiger partial charge in [-0.2, -0.15) is 0 Å². The molecule has 0 fully saturated rings. The fraction of sp³-hybridized carbons (Fsp3) is 0.0625. The molecule has 5 heteroatoms. The van der Waals surface area contributed by atoms with Gasteiger partial charge in [0.25, 0.3) is 0 Å². The number of rotatable bonds is 3. The number of hydrogen-bond acceptors (Lipinski definition) is 2. The number of carbonyl (C=O) groups is 1. The van der Waals surface area contributed by atoms with Gasteiger partial charge in [-0.25, -0.2) is 0 Å². The van der Waals surface area contributed by atoms with Crippen LogP contribution in [0.3, 0.4) is 0 Å². The van der Waals surface area contributed by atoms with E-state index in [4.69, 9.17) is 27.9 Å². The van der Waals surface area contributed by atoms with Gasteiger partial charge in [0.05, 0.1) is 12.7 Å². The van der Waals surface area contributed by atoms with E-state index in [0.717, 1.165) is 10.9 Å². The Labute approximate surface area is 131 Å². The molecule has 1 heterocycles. The summed E-state index contributed by atoms with van der Waals surface area (Å²) < 4.78 is 5.24. The number of ketones is 1. The summed E-state index contributed by atoms with van der Waals surface area (Å²) in [5.41, 5.74) is 1.86. The molecular formula is C16H11Cl2NO2. The van der Waals surface area contributed by atoms with E-state index >= 15 is 0 Å². The zero-order chi connectivity index (χ0) is 15.0. The topological polar surface area (TPSA) is 42.1 Å². The van der Waals surface area contributed by atoms with Gasteiger partial charge in [0, 0.05) is 32.7 Å². The van der Waals surface area contributed by atoms with Crippen LogP contribution in [0.4, 0.5) is 0 Å². The zero-order valence-electron chi connectivity index (χ0n) is 11.1. The van der Waals surface area contributed by atoms with Crippen LogP contribution < -0.4 is 4.74 Å². The van der Waals surface area contributed by atoms with E-state index in [9.17, 15) is 4.79 Å². The summed E-state index contributed by atoms with van der Waals surface area (Å²) in [5.74, 6) is 0.327. The van der Waals surface area contributed by atoms with Crippen molar-refractivity contribution in [1.82, 2.24) is 4.98 Å². The lowest BCUT2D eigenvalue weighted by Crippen LogP contribution is -2.03. The maximum absolute atomic E-state index is 12.7. The molecule has 0 aliphatic heterocycles. The average molecular weight is 320 g/mol. The summed E-state index contributed by atoms with van der Waals surface area (Å²) in [7, 11) is 1.51. The second-order valence-electron chi connectivity index (χ2n) is 4.57. The molecule has 0 amide bonds. The number of methoxy groups -OCH3 is 1. The van der Waals surface area contributed by atoms with E-state index in [2.05, 4.69) is 4.98 Å². The molecule has 0 bridgehead atoms. The number of hydrogen-bond donors (Lipinski definition) is 1. The molecule has 3 nitrogen and oxygen atoms in total. The minimum absolute atomic E-state index is 0.128. The maximum atomic E-state index is 12.7. The molecule has 2 aromatic carbocycles. The molecule has 0 atom stereocenters. The fourth-order valence-electron chi connectivity index (χ4n) is 2.28. The van der Waals surface area contributed by atoms with Crippen LogP contribution >= 0.6 is 23.2 Å². The Hall–Kier alpha value is -1.97. The standard InChI is InChI=1S/C16H11Cl2NO2/c1-21-15-7-10(18)3-5-12(15)16(20)13-8-19-14-6-9(17)2-4-11(13)14/h2-8,19H,1H3. The summed E-state index contributed by atoms with van der Waals surface area (Å²) in [6.45, 7) is 0. The monoisotopic (exact) mass is 319 g/mol. The van der Waals surface area contributed by atoms with Gasteiger partial charge >= 0.3 is 0 Å². The van der Waals surface area contributed by atoms with Gasteiger partial charge in [-0.15, -0.1) is 0 Å². The van der Waals surface area contributed by atoms with Crippen LogP contribution in [0.2, 0.25) is 10.0 Å². The first-order chi connectivity index (χ1) is 10.1. The lowest BCUT2D eigenvalue weighted by Gasteiger charge is -2.07. The number of aromatic amines is 1. The maximum Gasteiger partial charge on any atom is 0.198 e. The van der Waals surface area contributed by atoms with Gasteiger partial charge in [-0.1, -0.05) is 29.3 Å². The predicted molar refractivity (Wildman–Crippen MR) is 84.7 cm³/mol. The number of carbonyl (C=O) groups excluding carboxylic acids is 1. The summed E-state index contributed by atoms with van der Waals surface area (Å²) in [5, 5.41) is 1.96. The van der Waals surface area contributed by atoms with E-state index in [0.29, 0.717) is 26.9 Å². The summed E-state index contributed by atoms with van der Waals surface area (Å²) in [6, 6.07) is 10.3. The van der Waals surface area contributed by atoms with Crippen LogP contribution in [0.15, 0.2) is 42.6 Å². The van der Waals surface area contributed by atoms with E-state index in [1.54, 1.807) is 36.5 Å². The highest BCUT2D eigenvalue weighted by Gasteiger charge is 2.18. The first-order valence-corrected chi connectivity index (χ1v) is 7.00. The van der Waals surface area contributed by atoms with Crippen molar-refractivity contribution in [3.8, 4) is 5.75 Å². The van der Waals surface area contributed by atoms with Crippen LogP contribution in [0.1, 0.15) is 15.9 Å². The van der Waals surface area contributed by atoms with E-state index in [-0.39, 0.29) is 5.78 Å². The van der Waals surface area contributed by atoms with Crippen LogP contribution in [0.25, 0.3) is 10.9 Å². The largest absolute Gasteiger partial charge is 0.496 e. The quantitative estimate of drug-likeness (QED) is 0.710. The highest BCUT2D eigenvalue weighted by Crippen LogP contribution is 2.29. The van der Waals surface area contributed by atoms with Crippen LogP contribution in [-0.2, 0) is 0 Å². The number of nitrogens with one attached hydrogen (secondary N) is 1. The first-order valence-electron chi connectivity index (χ1n) is 6.25. The lowest BCUT2D eigenvalue weighted by atomic mass is 10.0. The Balaban J connectivity index is 2.13. The van der Waals surface area contributed by atoms with Gasteiger partial charge in [-0.3, -0.25) is 4.79 Å². The molecule has 3 aromatic rings. The Kier molecular flexibility index (Phi) is 3.62. The van der Waals surface area contributed by atoms with Crippen molar-refractivity contribution in [2.75, 3.05) is 7.11 Å². The highest BCUT2D eigenvalue weighted by atomic mass is 35.5. The molecule has 3 rings (SSSR count). The number of ether oxygens (including phenoxy) is 1. The molecule has 1 N–H and O–H groups in total. The number of H-pyrrole nitrogens is 1. The number of aromatic nitrogens is 1. The summed E-state index contributed by atoms with van der Waals surface area (Å²) in [6.07, 6.45) is 1.68. The van der Waals surface area contributed by atoms with Crippen molar-refractivity contribution < 1.29 is 9.53 Å². The number of benzene rings is 2. The predicted octanol–water partition coefficient (Wildman–Crippen LogP) is 4.71. The first kappa shape index (κ1) is 14.0. The third-order valence-electron chi connectivity index (χ3n) is 3.30. The van der Waals surface area contributed by atoms with Crippen molar-refractivity contribution >= 4 is 39.9 Å². The van der Waals surface area contributed by atoms with Gasteiger partial charge in [0.1, 0.15) is 5.75 Å². The molecule has 0 unspecified atom stereocenters. The SMILES string of the molecule is COc1cc(Cl)ccc1C(=O)c1c[nH]c2cc(Cl)ccc12. The van der Waals surface area contributed by atoms with Crippen molar-refractivity contribution in [3.05, 3.63) is 63.8 Å². The molecule has 0 spiro atoms. The normalized spacial score (nSPS) is 10.8. The highest BCUT2D eigenvalue weighted by molar-refractivity contribution is 6.32. The smallest absolute Gasteiger partial charge is 0.198 e. The molecule has 0 saturated heterocycles. The average Bonchev–Trinajstić information content (AvgIpc) is 2.89. The Morgan fingerprint density at radius 3 is 2.52 bits per heavy atom. The Bertz CT molecular complexity index is 839. The third kappa shape index (κ3) is 2.50. The molecule has 21 heavy (non-hydrogen) atoms. The zero-order valence-corrected chi connectivity index (χ0v) is 12.6. The van der Waals surface area contributed by atoms with Crippen LogP contribution in [-0.4, -0.2) is 17.9 Å². The summed E-state index contributed by atoms with van der Waals surface area (Å²) >= 11 is 11.9. The van der Waals surface area contributed by atoms with Crippen molar-refractivity contribution in [3.63, 3.8) is 0 Å². The molecular weight excluding hydrogens is 309 g/mol. The minimum Gasteiger partial charge on any atom is -0.496 e. The van der Waals surface area contributed by atoms with Crippen molar-refractivity contribution in [2.24, 2.45) is 0 Å².